The molecule has 1 atom stereocenters. The van der Waals surface area contributed by atoms with Gasteiger partial charge in [0.2, 0.25) is 0 Å². The van der Waals surface area contributed by atoms with E-state index in [2.05, 4.69) is 0 Å². The first-order valence-corrected chi connectivity index (χ1v) is 7.74. The summed E-state index contributed by atoms with van der Waals surface area (Å²) < 4.78 is 22.8. The number of rotatable bonds is 3. The van der Waals surface area contributed by atoms with Gasteiger partial charge in [0.15, 0.2) is 9.84 Å². The van der Waals surface area contributed by atoms with Crippen molar-refractivity contribution in [1.29, 1.82) is 0 Å². The Morgan fingerprint density at radius 3 is 2.53 bits per heavy atom. The van der Waals surface area contributed by atoms with E-state index >= 15 is 0 Å². The van der Waals surface area contributed by atoms with Crippen LogP contribution in [-0.2, 0) is 9.84 Å². The van der Waals surface area contributed by atoms with E-state index in [1.807, 2.05) is 0 Å². The van der Waals surface area contributed by atoms with Gasteiger partial charge in [0, 0.05) is 0 Å². The average molecular weight is 232 g/mol. The van der Waals surface area contributed by atoms with Crippen LogP contribution in [0.1, 0.15) is 44.9 Å². The van der Waals surface area contributed by atoms with Crippen LogP contribution in [0.4, 0.5) is 0 Å². The third-order valence-corrected chi connectivity index (χ3v) is 5.75. The molecule has 1 aliphatic carbocycles. The van der Waals surface area contributed by atoms with Gasteiger partial charge in [-0.25, -0.2) is 8.42 Å². The first-order valence-electron chi connectivity index (χ1n) is 5.92. The predicted molar refractivity (Wildman–Crippen MR) is 59.4 cm³/mol. The van der Waals surface area contributed by atoms with Crippen molar-refractivity contribution in [1.82, 2.24) is 0 Å². The molecule has 1 saturated carbocycles. The fourth-order valence-corrected chi connectivity index (χ4v) is 4.48. The maximum atomic E-state index is 11.4. The molecule has 0 aromatic rings. The van der Waals surface area contributed by atoms with Crippen LogP contribution in [0, 0.1) is 5.92 Å². The van der Waals surface area contributed by atoms with Gasteiger partial charge in [-0.2, -0.15) is 0 Å². The molecule has 0 amide bonds. The Morgan fingerprint density at radius 1 is 1.27 bits per heavy atom. The van der Waals surface area contributed by atoms with Gasteiger partial charge in [-0.1, -0.05) is 0 Å². The normalized spacial score (nSPS) is 33.3. The first kappa shape index (κ1) is 11.4. The summed E-state index contributed by atoms with van der Waals surface area (Å²) in [5, 5.41) is 9.92. The van der Waals surface area contributed by atoms with Crippen molar-refractivity contribution in [2.75, 3.05) is 11.5 Å². The Bertz CT molecular complexity index is 317. The molecule has 1 unspecified atom stereocenters. The van der Waals surface area contributed by atoms with Crippen molar-refractivity contribution in [3.63, 3.8) is 0 Å². The monoisotopic (exact) mass is 232 g/mol. The highest BCUT2D eigenvalue weighted by Gasteiger charge is 2.35. The average Bonchev–Trinajstić information content (AvgIpc) is 2.10. The maximum absolute atomic E-state index is 11.4. The van der Waals surface area contributed by atoms with Crippen molar-refractivity contribution < 1.29 is 13.5 Å². The zero-order valence-corrected chi connectivity index (χ0v) is 9.93. The van der Waals surface area contributed by atoms with Crippen LogP contribution in [0.15, 0.2) is 0 Å². The lowest BCUT2D eigenvalue weighted by molar-refractivity contribution is -0.0443. The lowest BCUT2D eigenvalue weighted by Gasteiger charge is -2.38. The summed E-state index contributed by atoms with van der Waals surface area (Å²) in [5.74, 6) is 1.02. The molecule has 0 aromatic carbocycles. The second kappa shape index (κ2) is 4.06. The molecule has 1 heterocycles. The number of sulfone groups is 1. The Morgan fingerprint density at radius 2 is 2.00 bits per heavy atom. The summed E-state index contributed by atoms with van der Waals surface area (Å²) in [6.45, 7) is 0. The minimum atomic E-state index is -2.77. The second-order valence-corrected chi connectivity index (χ2v) is 7.47. The molecule has 0 bridgehead atoms. The molecule has 2 rings (SSSR count). The number of hydrogen-bond donors (Lipinski definition) is 1. The Hall–Kier alpha value is -0.0900. The summed E-state index contributed by atoms with van der Waals surface area (Å²) in [4.78, 5) is 0. The molecule has 4 heteroatoms. The smallest absolute Gasteiger partial charge is 0.150 e. The molecular formula is C11H20O3S. The van der Waals surface area contributed by atoms with Crippen LogP contribution in [-0.4, -0.2) is 30.6 Å². The molecule has 1 aliphatic heterocycles. The van der Waals surface area contributed by atoms with Gasteiger partial charge < -0.3 is 5.11 Å². The molecule has 2 aliphatic rings. The van der Waals surface area contributed by atoms with E-state index < -0.39 is 15.4 Å². The van der Waals surface area contributed by atoms with Gasteiger partial charge in [0.25, 0.3) is 0 Å². The third kappa shape index (κ3) is 2.94. The summed E-state index contributed by atoms with van der Waals surface area (Å²) in [6.07, 6.45) is 6.46. The van der Waals surface area contributed by atoms with E-state index in [1.54, 1.807) is 0 Å². The fourth-order valence-electron chi connectivity index (χ4n) is 2.65. The van der Waals surface area contributed by atoms with Crippen molar-refractivity contribution in [2.24, 2.45) is 5.92 Å². The van der Waals surface area contributed by atoms with E-state index in [0.29, 0.717) is 17.4 Å². The van der Waals surface area contributed by atoms with Crippen molar-refractivity contribution in [2.45, 2.75) is 50.5 Å². The molecule has 88 valence electrons. The summed E-state index contributed by atoms with van der Waals surface area (Å²) >= 11 is 0. The minimum absolute atomic E-state index is 0.299. The van der Waals surface area contributed by atoms with Crippen molar-refractivity contribution in [3.05, 3.63) is 0 Å². The van der Waals surface area contributed by atoms with Crippen molar-refractivity contribution in [3.8, 4) is 0 Å². The van der Waals surface area contributed by atoms with E-state index in [9.17, 15) is 13.5 Å². The lowest BCUT2D eigenvalue weighted by atomic mass is 9.75. The first-order chi connectivity index (χ1) is 6.99. The van der Waals surface area contributed by atoms with Gasteiger partial charge in [0.05, 0.1) is 17.1 Å². The summed E-state index contributed by atoms with van der Waals surface area (Å²) in [7, 11) is -2.77. The van der Waals surface area contributed by atoms with E-state index in [1.165, 1.54) is 0 Å². The molecule has 15 heavy (non-hydrogen) atoms. The van der Waals surface area contributed by atoms with Gasteiger partial charge in [-0.3, -0.25) is 0 Å². The quantitative estimate of drug-likeness (QED) is 0.802. The van der Waals surface area contributed by atoms with Crippen LogP contribution in [0.2, 0.25) is 0 Å². The van der Waals surface area contributed by atoms with E-state index in [0.717, 1.165) is 44.9 Å². The zero-order chi connectivity index (χ0) is 10.9. The maximum Gasteiger partial charge on any atom is 0.150 e. The van der Waals surface area contributed by atoms with Crippen LogP contribution < -0.4 is 0 Å². The summed E-state index contributed by atoms with van der Waals surface area (Å²) in [6, 6.07) is 0. The highest BCUT2D eigenvalue weighted by atomic mass is 32.2. The predicted octanol–water partition coefficient (Wildman–Crippen LogP) is 1.51. The molecule has 0 radical (unpaired) electrons. The number of aliphatic hydroxyl groups is 1. The van der Waals surface area contributed by atoms with Crippen LogP contribution in [0.3, 0.4) is 0 Å². The molecule has 0 spiro atoms. The largest absolute Gasteiger partial charge is 0.390 e. The number of hydrogen-bond acceptors (Lipinski definition) is 3. The Labute approximate surface area is 91.8 Å². The molecule has 2 fully saturated rings. The van der Waals surface area contributed by atoms with Crippen molar-refractivity contribution >= 4 is 9.84 Å². The Balaban J connectivity index is 1.79. The minimum Gasteiger partial charge on any atom is -0.390 e. The highest BCUT2D eigenvalue weighted by molar-refractivity contribution is 7.91. The second-order valence-electron chi connectivity index (χ2n) is 5.24. The Kier molecular flexibility index (Phi) is 3.08. The SMILES string of the molecule is O=S1(=O)CCCC(CCC2(O)CCC2)C1. The zero-order valence-electron chi connectivity index (χ0n) is 9.11. The molecule has 1 saturated heterocycles. The summed E-state index contributed by atoms with van der Waals surface area (Å²) in [5.41, 5.74) is -0.443. The van der Waals surface area contributed by atoms with Crippen LogP contribution in [0.25, 0.3) is 0 Å². The highest BCUT2D eigenvalue weighted by Crippen LogP contribution is 2.37. The topological polar surface area (TPSA) is 54.4 Å². The standard InChI is InChI=1S/C11H20O3S/c12-11(5-2-6-11)7-4-10-3-1-8-15(13,14)9-10/h10,12H,1-9H2. The van der Waals surface area contributed by atoms with Gasteiger partial charge >= 0.3 is 0 Å². The third-order valence-electron chi connectivity index (χ3n) is 3.86. The molecule has 0 aromatic heterocycles. The fraction of sp³-hybridized carbons (Fsp3) is 1.00. The van der Waals surface area contributed by atoms with Gasteiger partial charge in [-0.05, 0) is 50.9 Å². The lowest BCUT2D eigenvalue weighted by Crippen LogP contribution is -2.37. The van der Waals surface area contributed by atoms with Gasteiger partial charge in [0.1, 0.15) is 0 Å². The van der Waals surface area contributed by atoms with Crippen LogP contribution >= 0.6 is 0 Å². The molecule has 3 nitrogen and oxygen atoms in total. The molecular weight excluding hydrogens is 212 g/mol. The molecule has 1 N–H and O–H groups in total. The van der Waals surface area contributed by atoms with E-state index in [4.69, 9.17) is 0 Å². The van der Waals surface area contributed by atoms with Gasteiger partial charge in [-0.15, -0.1) is 0 Å². The van der Waals surface area contributed by atoms with E-state index in [-0.39, 0.29) is 0 Å². The van der Waals surface area contributed by atoms with Crippen LogP contribution in [0.5, 0.6) is 0 Å².